The number of imidazole rings is 1. The second-order valence-corrected chi connectivity index (χ2v) is 3.54. The Balaban J connectivity index is 2.71. The highest BCUT2D eigenvalue weighted by Crippen LogP contribution is 2.27. The number of nitrogens with zero attached hydrogens (tertiary/aromatic N) is 2. The molecule has 0 unspecified atom stereocenters. The third-order valence-electron chi connectivity index (χ3n) is 2.28. The number of hydrogen-bond acceptors (Lipinski definition) is 2. The summed E-state index contributed by atoms with van der Waals surface area (Å²) in [6, 6.07) is -0.424. The first-order chi connectivity index (χ1) is 7.06. The molecule has 0 aliphatic carbocycles. The number of H-pyrrole nitrogens is 1. The number of aromatic nitrogens is 2. The lowest BCUT2D eigenvalue weighted by molar-refractivity contribution is 0.252. The first-order valence-corrected chi connectivity index (χ1v) is 4.85. The van der Waals surface area contributed by atoms with Crippen LogP contribution in [0.25, 0.3) is 5.70 Å². The van der Waals surface area contributed by atoms with E-state index in [0.717, 1.165) is 10.5 Å². The highest BCUT2D eigenvalue weighted by molar-refractivity contribution is 7.71. The van der Waals surface area contributed by atoms with Crippen molar-refractivity contribution in [2.24, 2.45) is 0 Å². The van der Waals surface area contributed by atoms with Crippen LogP contribution in [0.5, 0.6) is 0 Å². The molecule has 2 radical (unpaired) electrons. The van der Waals surface area contributed by atoms with Crippen LogP contribution in [0, 0.1) is 4.77 Å². The molecule has 2 rings (SSSR count). The molecule has 1 aliphatic rings. The zero-order valence-corrected chi connectivity index (χ0v) is 9.02. The average molecular weight is 220 g/mol. The van der Waals surface area contributed by atoms with Gasteiger partial charge in [-0.15, -0.1) is 0 Å². The molecule has 0 aromatic carbocycles. The summed E-state index contributed by atoms with van der Waals surface area (Å²) in [7, 11) is 5.58. The molecular weight excluding hydrogens is 211 g/mol. The van der Waals surface area contributed by atoms with Crippen LogP contribution in [0.1, 0.15) is 12.6 Å². The SMILES string of the molecule is [B]N1C(=O)NC(=C)c2c1[nH]c(=S)n2CC. The molecule has 0 spiro atoms. The van der Waals surface area contributed by atoms with Gasteiger partial charge in [0.1, 0.15) is 11.5 Å². The molecule has 7 heteroatoms. The normalized spacial score (nSPS) is 15.1. The van der Waals surface area contributed by atoms with Gasteiger partial charge in [-0.2, -0.15) is 0 Å². The number of urea groups is 1. The molecule has 5 nitrogen and oxygen atoms in total. The van der Waals surface area contributed by atoms with Gasteiger partial charge in [-0.25, -0.2) is 4.79 Å². The number of nitrogens with one attached hydrogen (secondary N) is 2. The van der Waals surface area contributed by atoms with Gasteiger partial charge in [0, 0.05) is 6.54 Å². The van der Waals surface area contributed by atoms with Crippen molar-refractivity contribution >= 4 is 37.7 Å². The van der Waals surface area contributed by atoms with Crippen molar-refractivity contribution in [3.63, 3.8) is 0 Å². The number of carbonyl (C=O) groups is 1. The van der Waals surface area contributed by atoms with E-state index in [1.807, 2.05) is 11.5 Å². The van der Waals surface area contributed by atoms with Crippen LogP contribution < -0.4 is 10.1 Å². The zero-order chi connectivity index (χ0) is 11.2. The maximum atomic E-state index is 11.3. The summed E-state index contributed by atoms with van der Waals surface area (Å²) in [5.41, 5.74) is 1.23. The predicted octanol–water partition coefficient (Wildman–Crippen LogP) is 1.15. The third kappa shape index (κ3) is 1.31. The van der Waals surface area contributed by atoms with Crippen LogP contribution in [-0.4, -0.2) is 23.6 Å². The molecule has 0 saturated heterocycles. The van der Waals surface area contributed by atoms with Gasteiger partial charge >= 0.3 is 6.03 Å². The summed E-state index contributed by atoms with van der Waals surface area (Å²) in [6.07, 6.45) is 0. The number of carbonyl (C=O) groups excluding carboxylic acids is 1. The number of rotatable bonds is 1. The van der Waals surface area contributed by atoms with Crippen LogP contribution in [0.15, 0.2) is 6.58 Å². The highest BCUT2D eigenvalue weighted by Gasteiger charge is 2.26. The smallest absolute Gasteiger partial charge is 0.314 e. The first kappa shape index (κ1) is 10.0. The number of amides is 2. The van der Waals surface area contributed by atoms with Gasteiger partial charge in [-0.3, -0.25) is 0 Å². The quantitative estimate of drug-likeness (QED) is 0.551. The lowest BCUT2D eigenvalue weighted by atomic mass is 10.2. The monoisotopic (exact) mass is 220 g/mol. The molecular formula is C8H9BN4OS. The summed E-state index contributed by atoms with van der Waals surface area (Å²) >= 11 is 5.11. The summed E-state index contributed by atoms with van der Waals surface area (Å²) in [6.45, 7) is 6.40. The van der Waals surface area contributed by atoms with E-state index in [4.69, 9.17) is 20.2 Å². The maximum Gasteiger partial charge on any atom is 0.314 e. The Bertz CT molecular complexity index is 503. The summed E-state index contributed by atoms with van der Waals surface area (Å²) in [5.74, 6) is 0.482. The van der Waals surface area contributed by atoms with Crippen LogP contribution in [-0.2, 0) is 6.54 Å². The molecule has 0 atom stereocenters. The Morgan fingerprint density at radius 2 is 2.27 bits per heavy atom. The predicted molar refractivity (Wildman–Crippen MR) is 61.1 cm³/mol. The molecule has 1 aliphatic heterocycles. The molecule has 0 saturated carbocycles. The third-order valence-corrected chi connectivity index (χ3v) is 2.61. The maximum absolute atomic E-state index is 11.3. The van der Waals surface area contributed by atoms with E-state index < -0.39 is 6.03 Å². The minimum absolute atomic E-state index is 0.424. The van der Waals surface area contributed by atoms with Crippen molar-refractivity contribution in [2.45, 2.75) is 13.5 Å². The molecule has 1 aromatic heterocycles. The number of hydrogen-bond donors (Lipinski definition) is 2. The van der Waals surface area contributed by atoms with Crippen molar-refractivity contribution in [2.75, 3.05) is 4.81 Å². The van der Waals surface area contributed by atoms with E-state index in [0.29, 0.717) is 22.8 Å². The second kappa shape index (κ2) is 3.27. The largest absolute Gasteiger partial charge is 0.336 e. The first-order valence-electron chi connectivity index (χ1n) is 4.44. The van der Waals surface area contributed by atoms with Gasteiger partial charge in [0.2, 0.25) is 7.98 Å². The summed E-state index contributed by atoms with van der Waals surface area (Å²) in [4.78, 5) is 15.2. The van der Waals surface area contributed by atoms with Crippen molar-refractivity contribution < 1.29 is 4.79 Å². The van der Waals surface area contributed by atoms with Crippen molar-refractivity contribution in [1.29, 1.82) is 0 Å². The van der Waals surface area contributed by atoms with Crippen molar-refractivity contribution in [1.82, 2.24) is 14.9 Å². The van der Waals surface area contributed by atoms with Gasteiger partial charge in [0.05, 0.1) is 5.70 Å². The van der Waals surface area contributed by atoms with Gasteiger partial charge in [-0.05, 0) is 19.1 Å². The number of fused-ring (bicyclic) bond motifs is 1. The molecule has 15 heavy (non-hydrogen) atoms. The zero-order valence-electron chi connectivity index (χ0n) is 8.20. The highest BCUT2D eigenvalue weighted by atomic mass is 32.1. The fourth-order valence-electron chi connectivity index (χ4n) is 1.59. The molecule has 0 fully saturated rings. The van der Waals surface area contributed by atoms with Gasteiger partial charge < -0.3 is 19.7 Å². The van der Waals surface area contributed by atoms with Gasteiger partial charge in [-0.1, -0.05) is 6.58 Å². The molecule has 2 amide bonds. The van der Waals surface area contributed by atoms with Crippen molar-refractivity contribution in [3.8, 4) is 0 Å². The molecule has 0 bridgehead atoms. The average Bonchev–Trinajstić information content (AvgIpc) is 2.52. The van der Waals surface area contributed by atoms with Crippen LogP contribution in [0.2, 0.25) is 0 Å². The van der Waals surface area contributed by atoms with Gasteiger partial charge in [0.25, 0.3) is 0 Å². The Hall–Kier alpha value is -1.50. The van der Waals surface area contributed by atoms with Crippen LogP contribution in [0.4, 0.5) is 10.6 Å². The Morgan fingerprint density at radius 1 is 1.60 bits per heavy atom. The van der Waals surface area contributed by atoms with Gasteiger partial charge in [0.15, 0.2) is 4.77 Å². The standard InChI is InChI=1S/C8H9BN4OS/c1-3-12-5-4(2)10-7(14)13(9)6(5)11-8(12)15/h2-3H2,1H3,(H,10,14)(H,11,15). The molecule has 76 valence electrons. The van der Waals surface area contributed by atoms with E-state index in [1.165, 1.54) is 0 Å². The van der Waals surface area contributed by atoms with E-state index in [9.17, 15) is 4.79 Å². The fourth-order valence-corrected chi connectivity index (χ4v) is 1.91. The van der Waals surface area contributed by atoms with Crippen LogP contribution >= 0.6 is 12.2 Å². The van der Waals surface area contributed by atoms with Crippen molar-refractivity contribution in [3.05, 3.63) is 17.0 Å². The van der Waals surface area contributed by atoms with E-state index >= 15 is 0 Å². The number of aromatic amines is 1. The molecule has 1 aromatic rings. The molecule has 2 N–H and O–H groups in total. The van der Waals surface area contributed by atoms with Crippen LogP contribution in [0.3, 0.4) is 0 Å². The Morgan fingerprint density at radius 3 is 2.87 bits per heavy atom. The topological polar surface area (TPSA) is 53.1 Å². The Labute approximate surface area is 93.2 Å². The summed E-state index contributed by atoms with van der Waals surface area (Å²) in [5, 5.41) is 2.55. The minimum atomic E-state index is -0.424. The molecule has 2 heterocycles. The second-order valence-electron chi connectivity index (χ2n) is 3.15. The van der Waals surface area contributed by atoms with E-state index in [2.05, 4.69) is 16.9 Å². The number of anilines is 1. The summed E-state index contributed by atoms with van der Waals surface area (Å²) < 4.78 is 2.35. The minimum Gasteiger partial charge on any atom is -0.336 e. The fraction of sp³-hybridized carbons (Fsp3) is 0.250. The Kier molecular flexibility index (Phi) is 2.19. The lowest BCUT2D eigenvalue weighted by Crippen LogP contribution is -2.42. The van der Waals surface area contributed by atoms with E-state index in [1.54, 1.807) is 0 Å². The lowest BCUT2D eigenvalue weighted by Gasteiger charge is -2.25. The van der Waals surface area contributed by atoms with E-state index in [-0.39, 0.29) is 0 Å².